The molecule has 0 bridgehead atoms. The molecule has 2 fully saturated rings. The molecule has 1 aromatic carbocycles. The maximum atomic E-state index is 12.3. The molecule has 1 atom stereocenters. The highest BCUT2D eigenvalue weighted by molar-refractivity contribution is 5.97. The molecule has 0 saturated carbocycles. The number of hydrogen-bond acceptors (Lipinski definition) is 3. The van der Waals surface area contributed by atoms with Crippen LogP contribution >= 0.6 is 0 Å². The summed E-state index contributed by atoms with van der Waals surface area (Å²) in [5.41, 5.74) is 2.11. The Bertz CT molecular complexity index is 463. The molecule has 4 nitrogen and oxygen atoms in total. The van der Waals surface area contributed by atoms with Crippen molar-refractivity contribution in [1.29, 1.82) is 0 Å². The molecule has 0 aromatic heterocycles. The average Bonchev–Trinajstić information content (AvgIpc) is 3.03. The van der Waals surface area contributed by atoms with Gasteiger partial charge in [0, 0.05) is 13.1 Å². The Hall–Kier alpha value is -1.55. The number of amides is 1. The van der Waals surface area contributed by atoms with Gasteiger partial charge in [0.05, 0.1) is 17.4 Å². The first-order valence-electron chi connectivity index (χ1n) is 7.73. The van der Waals surface area contributed by atoms with E-state index in [1.54, 1.807) is 0 Å². The normalized spacial score (nSPS) is 22.8. The van der Waals surface area contributed by atoms with Gasteiger partial charge in [-0.3, -0.25) is 4.79 Å². The van der Waals surface area contributed by atoms with E-state index in [4.69, 9.17) is 0 Å². The molecule has 2 aliphatic heterocycles. The minimum absolute atomic E-state index is 0.0321. The summed E-state index contributed by atoms with van der Waals surface area (Å²) >= 11 is 0. The molecule has 4 heteroatoms. The molecule has 0 spiro atoms. The van der Waals surface area contributed by atoms with E-state index in [0.717, 1.165) is 43.9 Å². The van der Waals surface area contributed by atoms with Crippen molar-refractivity contribution in [1.82, 2.24) is 5.32 Å². The van der Waals surface area contributed by atoms with Crippen LogP contribution in [0.15, 0.2) is 24.3 Å². The Kier molecular flexibility index (Phi) is 4.21. The predicted octanol–water partition coefficient (Wildman–Crippen LogP) is 2.37. The van der Waals surface area contributed by atoms with Crippen molar-refractivity contribution in [2.45, 2.75) is 38.1 Å². The lowest BCUT2D eigenvalue weighted by molar-refractivity contribution is -0.118. The summed E-state index contributed by atoms with van der Waals surface area (Å²) in [4.78, 5) is 14.7. The van der Waals surface area contributed by atoms with E-state index in [2.05, 4.69) is 21.6 Å². The van der Waals surface area contributed by atoms with Crippen LogP contribution in [0, 0.1) is 0 Å². The third-order valence-corrected chi connectivity index (χ3v) is 4.24. The van der Waals surface area contributed by atoms with Crippen molar-refractivity contribution in [3.63, 3.8) is 0 Å². The molecule has 2 heterocycles. The zero-order valence-electron chi connectivity index (χ0n) is 11.9. The van der Waals surface area contributed by atoms with E-state index in [1.807, 2.05) is 18.2 Å². The Labute approximate surface area is 120 Å². The number of para-hydroxylation sites is 2. The third kappa shape index (κ3) is 2.96. The lowest BCUT2D eigenvalue weighted by Gasteiger charge is -2.25. The van der Waals surface area contributed by atoms with Crippen LogP contribution in [-0.4, -0.2) is 31.6 Å². The molecule has 2 aliphatic rings. The molecular formula is C16H23N3O. The standard InChI is InChI=1S/C16H23N3O/c20-16(14-8-3-4-10-17-14)18-13-7-1-2-9-15(13)19-11-5-6-12-19/h1-2,7,9,14,17H,3-6,8,10-12H2,(H,18,20). The van der Waals surface area contributed by atoms with Gasteiger partial charge in [-0.2, -0.15) is 0 Å². The van der Waals surface area contributed by atoms with Gasteiger partial charge in [-0.05, 0) is 44.4 Å². The number of rotatable bonds is 3. The monoisotopic (exact) mass is 273 g/mol. The number of anilines is 2. The summed E-state index contributed by atoms with van der Waals surface area (Å²) in [6.45, 7) is 3.13. The summed E-state index contributed by atoms with van der Waals surface area (Å²) in [6, 6.07) is 8.12. The van der Waals surface area contributed by atoms with Gasteiger partial charge in [0.2, 0.25) is 5.91 Å². The van der Waals surface area contributed by atoms with Crippen LogP contribution in [0.3, 0.4) is 0 Å². The van der Waals surface area contributed by atoms with E-state index in [-0.39, 0.29) is 11.9 Å². The van der Waals surface area contributed by atoms with Crippen LogP contribution in [0.25, 0.3) is 0 Å². The van der Waals surface area contributed by atoms with Crippen LogP contribution in [0.4, 0.5) is 11.4 Å². The molecule has 1 amide bonds. The zero-order chi connectivity index (χ0) is 13.8. The Morgan fingerprint density at radius 3 is 2.70 bits per heavy atom. The number of piperidine rings is 1. The second-order valence-corrected chi connectivity index (χ2v) is 5.70. The van der Waals surface area contributed by atoms with Crippen LogP contribution in [-0.2, 0) is 4.79 Å². The van der Waals surface area contributed by atoms with Crippen molar-refractivity contribution < 1.29 is 4.79 Å². The van der Waals surface area contributed by atoms with Gasteiger partial charge in [-0.25, -0.2) is 0 Å². The number of nitrogens with one attached hydrogen (secondary N) is 2. The van der Waals surface area contributed by atoms with Crippen LogP contribution in [0.5, 0.6) is 0 Å². The van der Waals surface area contributed by atoms with Crippen molar-refractivity contribution in [2.75, 3.05) is 29.9 Å². The van der Waals surface area contributed by atoms with Gasteiger partial charge >= 0.3 is 0 Å². The maximum absolute atomic E-state index is 12.3. The highest BCUT2D eigenvalue weighted by Gasteiger charge is 2.22. The van der Waals surface area contributed by atoms with E-state index in [0.29, 0.717) is 0 Å². The zero-order valence-corrected chi connectivity index (χ0v) is 11.9. The number of nitrogens with zero attached hydrogens (tertiary/aromatic N) is 1. The molecule has 1 aromatic rings. The first-order valence-corrected chi connectivity index (χ1v) is 7.73. The SMILES string of the molecule is O=C(Nc1ccccc1N1CCCC1)C1CCCCN1. The number of hydrogen-bond donors (Lipinski definition) is 2. The van der Waals surface area contributed by atoms with E-state index in [1.165, 1.54) is 19.3 Å². The number of benzene rings is 1. The first kappa shape index (κ1) is 13.4. The summed E-state index contributed by atoms with van der Waals surface area (Å²) in [5.74, 6) is 0.108. The van der Waals surface area contributed by atoms with E-state index in [9.17, 15) is 4.79 Å². The van der Waals surface area contributed by atoms with Gasteiger partial charge in [0.25, 0.3) is 0 Å². The third-order valence-electron chi connectivity index (χ3n) is 4.24. The highest BCUT2D eigenvalue weighted by Crippen LogP contribution is 2.28. The lowest BCUT2D eigenvalue weighted by Crippen LogP contribution is -2.43. The second kappa shape index (κ2) is 6.27. The molecule has 108 valence electrons. The van der Waals surface area contributed by atoms with E-state index < -0.39 is 0 Å². The molecule has 0 aliphatic carbocycles. The van der Waals surface area contributed by atoms with Crippen LogP contribution in [0.1, 0.15) is 32.1 Å². The summed E-state index contributed by atoms with van der Waals surface area (Å²) in [6.07, 6.45) is 5.74. The second-order valence-electron chi connectivity index (χ2n) is 5.70. The fourth-order valence-electron chi connectivity index (χ4n) is 3.11. The van der Waals surface area contributed by atoms with Gasteiger partial charge in [0.1, 0.15) is 0 Å². The largest absolute Gasteiger partial charge is 0.370 e. The molecule has 0 radical (unpaired) electrons. The smallest absolute Gasteiger partial charge is 0.241 e. The summed E-state index contributed by atoms with van der Waals surface area (Å²) < 4.78 is 0. The molecule has 2 saturated heterocycles. The Morgan fingerprint density at radius 2 is 1.95 bits per heavy atom. The van der Waals surface area contributed by atoms with Crippen molar-refractivity contribution in [3.8, 4) is 0 Å². The maximum Gasteiger partial charge on any atom is 0.241 e. The molecule has 3 rings (SSSR count). The fourth-order valence-corrected chi connectivity index (χ4v) is 3.11. The Balaban J connectivity index is 1.71. The van der Waals surface area contributed by atoms with E-state index >= 15 is 0 Å². The molecule has 1 unspecified atom stereocenters. The van der Waals surface area contributed by atoms with Gasteiger partial charge in [-0.1, -0.05) is 18.6 Å². The van der Waals surface area contributed by atoms with Gasteiger partial charge in [0.15, 0.2) is 0 Å². The van der Waals surface area contributed by atoms with Crippen molar-refractivity contribution in [2.24, 2.45) is 0 Å². The molecular weight excluding hydrogens is 250 g/mol. The quantitative estimate of drug-likeness (QED) is 0.888. The lowest BCUT2D eigenvalue weighted by atomic mass is 10.0. The molecule has 20 heavy (non-hydrogen) atoms. The van der Waals surface area contributed by atoms with Crippen molar-refractivity contribution >= 4 is 17.3 Å². The minimum Gasteiger partial charge on any atom is -0.370 e. The first-order chi connectivity index (χ1) is 9.84. The fraction of sp³-hybridized carbons (Fsp3) is 0.562. The van der Waals surface area contributed by atoms with Crippen LogP contribution < -0.4 is 15.5 Å². The highest BCUT2D eigenvalue weighted by atomic mass is 16.2. The number of carbonyl (C=O) groups excluding carboxylic acids is 1. The molecule has 2 N–H and O–H groups in total. The Morgan fingerprint density at radius 1 is 1.15 bits per heavy atom. The summed E-state index contributed by atoms with van der Waals surface area (Å²) in [5, 5.41) is 6.42. The summed E-state index contributed by atoms with van der Waals surface area (Å²) in [7, 11) is 0. The topological polar surface area (TPSA) is 44.4 Å². The van der Waals surface area contributed by atoms with Gasteiger partial charge < -0.3 is 15.5 Å². The predicted molar refractivity (Wildman–Crippen MR) is 82.2 cm³/mol. The number of carbonyl (C=O) groups is 1. The van der Waals surface area contributed by atoms with Crippen molar-refractivity contribution in [3.05, 3.63) is 24.3 Å². The average molecular weight is 273 g/mol. The van der Waals surface area contributed by atoms with Crippen LogP contribution in [0.2, 0.25) is 0 Å². The van der Waals surface area contributed by atoms with Gasteiger partial charge in [-0.15, -0.1) is 0 Å². The minimum atomic E-state index is -0.0321.